The molecule has 6 nitrogen and oxygen atoms in total. The Balaban J connectivity index is 2.68. The third-order valence-electron chi connectivity index (χ3n) is 2.86. The van der Waals surface area contributed by atoms with Gasteiger partial charge < -0.3 is 25.3 Å². The van der Waals surface area contributed by atoms with Crippen LogP contribution in [0.4, 0.5) is 5.69 Å². The molecule has 0 aromatic heterocycles. The SMILES string of the molecule is COCCCC(N)C(=O)Nc1cc(OC)ccc1OC. The van der Waals surface area contributed by atoms with E-state index < -0.39 is 6.04 Å². The van der Waals surface area contributed by atoms with E-state index in [2.05, 4.69) is 5.32 Å². The second-order valence-electron chi connectivity index (χ2n) is 4.30. The van der Waals surface area contributed by atoms with Gasteiger partial charge in [-0.1, -0.05) is 0 Å². The van der Waals surface area contributed by atoms with Crippen molar-refractivity contribution >= 4 is 11.6 Å². The van der Waals surface area contributed by atoms with Gasteiger partial charge in [-0.2, -0.15) is 0 Å². The highest BCUT2D eigenvalue weighted by Gasteiger charge is 2.15. The average Bonchev–Trinajstić information content (AvgIpc) is 2.47. The summed E-state index contributed by atoms with van der Waals surface area (Å²) in [4.78, 5) is 12.0. The number of rotatable bonds is 8. The van der Waals surface area contributed by atoms with Crippen LogP contribution in [-0.2, 0) is 9.53 Å². The molecule has 1 unspecified atom stereocenters. The number of ether oxygens (including phenoxy) is 3. The van der Waals surface area contributed by atoms with Crippen molar-refractivity contribution in [2.24, 2.45) is 5.73 Å². The Morgan fingerprint density at radius 3 is 2.65 bits per heavy atom. The van der Waals surface area contributed by atoms with E-state index in [9.17, 15) is 4.79 Å². The summed E-state index contributed by atoms with van der Waals surface area (Å²) in [5.41, 5.74) is 6.37. The Hall–Kier alpha value is -1.79. The van der Waals surface area contributed by atoms with Crippen LogP contribution in [0.3, 0.4) is 0 Å². The van der Waals surface area contributed by atoms with Crippen LogP contribution in [0.25, 0.3) is 0 Å². The molecule has 0 radical (unpaired) electrons. The molecule has 0 bridgehead atoms. The maximum Gasteiger partial charge on any atom is 0.241 e. The zero-order valence-electron chi connectivity index (χ0n) is 12.1. The van der Waals surface area contributed by atoms with E-state index in [0.29, 0.717) is 30.2 Å². The third kappa shape index (κ3) is 4.71. The Morgan fingerprint density at radius 1 is 1.30 bits per heavy atom. The minimum absolute atomic E-state index is 0.257. The summed E-state index contributed by atoms with van der Waals surface area (Å²) in [5, 5.41) is 2.75. The first-order valence-electron chi connectivity index (χ1n) is 6.39. The molecule has 0 saturated heterocycles. The molecule has 20 heavy (non-hydrogen) atoms. The van der Waals surface area contributed by atoms with Gasteiger partial charge in [0.1, 0.15) is 11.5 Å². The molecule has 0 saturated carbocycles. The summed E-state index contributed by atoms with van der Waals surface area (Å²) in [6.45, 7) is 0.587. The normalized spacial score (nSPS) is 11.8. The van der Waals surface area contributed by atoms with Crippen LogP contribution in [0, 0.1) is 0 Å². The number of amides is 1. The van der Waals surface area contributed by atoms with Crippen molar-refractivity contribution in [1.29, 1.82) is 0 Å². The number of nitrogens with two attached hydrogens (primary N) is 1. The molecule has 0 spiro atoms. The number of carbonyl (C=O) groups excluding carboxylic acids is 1. The Morgan fingerprint density at radius 2 is 2.05 bits per heavy atom. The number of hydrogen-bond donors (Lipinski definition) is 2. The Labute approximate surface area is 119 Å². The molecule has 1 rings (SSSR count). The maximum absolute atomic E-state index is 12.0. The van der Waals surface area contributed by atoms with E-state index >= 15 is 0 Å². The minimum Gasteiger partial charge on any atom is -0.497 e. The lowest BCUT2D eigenvalue weighted by molar-refractivity contribution is -0.117. The molecule has 0 aliphatic rings. The summed E-state index contributed by atoms with van der Waals surface area (Å²) in [5.74, 6) is 0.935. The van der Waals surface area contributed by atoms with Crippen molar-refractivity contribution in [3.05, 3.63) is 18.2 Å². The summed E-state index contributed by atoms with van der Waals surface area (Å²) >= 11 is 0. The molecule has 112 valence electrons. The van der Waals surface area contributed by atoms with E-state index in [-0.39, 0.29) is 5.91 Å². The van der Waals surface area contributed by atoms with Crippen molar-refractivity contribution in [3.8, 4) is 11.5 Å². The molecule has 3 N–H and O–H groups in total. The largest absolute Gasteiger partial charge is 0.497 e. The van der Waals surface area contributed by atoms with Gasteiger partial charge >= 0.3 is 0 Å². The zero-order chi connectivity index (χ0) is 15.0. The molecule has 1 aromatic rings. The first kappa shape index (κ1) is 16.3. The fourth-order valence-corrected chi connectivity index (χ4v) is 1.72. The quantitative estimate of drug-likeness (QED) is 0.704. The van der Waals surface area contributed by atoms with Crippen molar-refractivity contribution in [2.45, 2.75) is 18.9 Å². The van der Waals surface area contributed by atoms with Gasteiger partial charge in [-0.15, -0.1) is 0 Å². The first-order valence-corrected chi connectivity index (χ1v) is 6.39. The van der Waals surface area contributed by atoms with Crippen molar-refractivity contribution in [2.75, 3.05) is 33.3 Å². The molecular formula is C14H22N2O4. The molecule has 1 atom stereocenters. The first-order chi connectivity index (χ1) is 9.62. The Bertz CT molecular complexity index is 437. The van der Waals surface area contributed by atoms with Crippen LogP contribution in [0.2, 0.25) is 0 Å². The highest BCUT2D eigenvalue weighted by atomic mass is 16.5. The summed E-state index contributed by atoms with van der Waals surface area (Å²) in [6, 6.07) is 4.59. The Kier molecular flexibility index (Phi) is 6.83. The minimum atomic E-state index is -0.582. The number of carbonyl (C=O) groups is 1. The van der Waals surface area contributed by atoms with Crippen LogP contribution in [0.5, 0.6) is 11.5 Å². The van der Waals surface area contributed by atoms with E-state index in [0.717, 1.165) is 6.42 Å². The summed E-state index contributed by atoms with van der Waals surface area (Å²) in [6.07, 6.45) is 1.30. The predicted octanol–water partition coefficient (Wildman–Crippen LogP) is 1.40. The summed E-state index contributed by atoms with van der Waals surface area (Å²) in [7, 11) is 4.71. The van der Waals surface area contributed by atoms with Crippen LogP contribution >= 0.6 is 0 Å². The van der Waals surface area contributed by atoms with Crippen molar-refractivity contribution < 1.29 is 19.0 Å². The average molecular weight is 282 g/mol. The number of hydrogen-bond acceptors (Lipinski definition) is 5. The monoisotopic (exact) mass is 282 g/mol. The van der Waals surface area contributed by atoms with Crippen LogP contribution < -0.4 is 20.5 Å². The highest BCUT2D eigenvalue weighted by molar-refractivity contribution is 5.96. The van der Waals surface area contributed by atoms with Gasteiger partial charge in [0, 0.05) is 19.8 Å². The fourth-order valence-electron chi connectivity index (χ4n) is 1.72. The second kappa shape index (κ2) is 8.39. The molecule has 1 aromatic carbocycles. The van der Waals surface area contributed by atoms with Gasteiger partial charge in [0.05, 0.1) is 25.9 Å². The maximum atomic E-state index is 12.0. The predicted molar refractivity (Wildman–Crippen MR) is 77.3 cm³/mol. The van der Waals surface area contributed by atoms with Gasteiger partial charge in [0.15, 0.2) is 0 Å². The topological polar surface area (TPSA) is 82.8 Å². The highest BCUT2D eigenvalue weighted by Crippen LogP contribution is 2.28. The lowest BCUT2D eigenvalue weighted by Crippen LogP contribution is -2.35. The molecule has 0 aliphatic heterocycles. The molecule has 0 heterocycles. The van der Waals surface area contributed by atoms with Gasteiger partial charge in [-0.3, -0.25) is 4.79 Å². The van der Waals surface area contributed by atoms with Gasteiger partial charge in [-0.05, 0) is 25.0 Å². The lowest BCUT2D eigenvalue weighted by atomic mass is 10.1. The molecule has 6 heteroatoms. The van der Waals surface area contributed by atoms with E-state index in [1.54, 1.807) is 32.4 Å². The molecule has 0 aliphatic carbocycles. The van der Waals surface area contributed by atoms with Crippen LogP contribution in [-0.4, -0.2) is 39.9 Å². The van der Waals surface area contributed by atoms with E-state index in [4.69, 9.17) is 19.9 Å². The number of nitrogens with one attached hydrogen (secondary N) is 1. The van der Waals surface area contributed by atoms with E-state index in [1.807, 2.05) is 0 Å². The zero-order valence-corrected chi connectivity index (χ0v) is 12.1. The molecular weight excluding hydrogens is 260 g/mol. The van der Waals surface area contributed by atoms with Crippen molar-refractivity contribution in [3.63, 3.8) is 0 Å². The van der Waals surface area contributed by atoms with Crippen molar-refractivity contribution in [1.82, 2.24) is 0 Å². The fraction of sp³-hybridized carbons (Fsp3) is 0.500. The smallest absolute Gasteiger partial charge is 0.241 e. The summed E-state index contributed by atoms with van der Waals surface area (Å²) < 4.78 is 15.2. The van der Waals surface area contributed by atoms with Gasteiger partial charge in [0.2, 0.25) is 5.91 Å². The molecule has 1 amide bonds. The van der Waals surface area contributed by atoms with Gasteiger partial charge in [-0.25, -0.2) is 0 Å². The second-order valence-corrected chi connectivity index (χ2v) is 4.30. The number of benzene rings is 1. The van der Waals surface area contributed by atoms with Crippen LogP contribution in [0.1, 0.15) is 12.8 Å². The number of methoxy groups -OCH3 is 3. The lowest BCUT2D eigenvalue weighted by Gasteiger charge is -2.15. The third-order valence-corrected chi connectivity index (χ3v) is 2.86. The standard InChI is InChI=1S/C14H22N2O4/c1-18-8-4-5-11(15)14(17)16-12-9-10(19-2)6-7-13(12)20-3/h6-7,9,11H,4-5,8,15H2,1-3H3,(H,16,17). The van der Waals surface area contributed by atoms with Crippen LogP contribution in [0.15, 0.2) is 18.2 Å². The number of anilines is 1. The van der Waals surface area contributed by atoms with E-state index in [1.165, 1.54) is 7.11 Å². The van der Waals surface area contributed by atoms with Gasteiger partial charge in [0.25, 0.3) is 0 Å². The molecule has 0 fully saturated rings.